The van der Waals surface area contributed by atoms with Crippen LogP contribution in [0.1, 0.15) is 5.69 Å². The molecule has 6 nitrogen and oxygen atoms in total. The van der Waals surface area contributed by atoms with Crippen molar-refractivity contribution in [3.05, 3.63) is 47.2 Å². The molecule has 0 aliphatic heterocycles. The Kier molecular flexibility index (Phi) is 4.16. The fourth-order valence-electron chi connectivity index (χ4n) is 2.36. The average molecular weight is 330 g/mol. The molecular weight excluding hydrogens is 314 g/mol. The number of hydrogen-bond donors (Lipinski definition) is 2. The maximum absolute atomic E-state index is 12.1. The van der Waals surface area contributed by atoms with Gasteiger partial charge in [0, 0.05) is 12.4 Å². The van der Waals surface area contributed by atoms with Gasteiger partial charge in [0.05, 0.1) is 34.8 Å². The van der Waals surface area contributed by atoms with Crippen LogP contribution in [0.5, 0.6) is 0 Å². The monoisotopic (exact) mass is 329 g/mol. The summed E-state index contributed by atoms with van der Waals surface area (Å²) in [5.41, 5.74) is 3.02. The first-order valence-electron chi connectivity index (χ1n) is 7.12. The van der Waals surface area contributed by atoms with E-state index >= 15 is 0 Å². The molecule has 3 rings (SSSR count). The summed E-state index contributed by atoms with van der Waals surface area (Å²) in [5, 5.41) is 11.6. The molecule has 0 atom stereocenters. The number of carbonyl (C=O) groups excluding carboxylic acids is 1. The number of hydrogen-bond acceptors (Lipinski definition) is 4. The van der Waals surface area contributed by atoms with Gasteiger partial charge >= 0.3 is 0 Å². The summed E-state index contributed by atoms with van der Waals surface area (Å²) in [6.45, 7) is 2.03. The predicted molar refractivity (Wildman–Crippen MR) is 91.8 cm³/mol. The molecule has 0 radical (unpaired) electrons. The summed E-state index contributed by atoms with van der Waals surface area (Å²) in [6.07, 6.45) is 1.62. The highest BCUT2D eigenvalue weighted by Gasteiger charge is 2.09. The SMILES string of the molecule is Cc1nn(C)c2ncc(NC(=O)CNc3ccccc3Cl)cc12. The van der Waals surface area contributed by atoms with Gasteiger partial charge in [0.2, 0.25) is 5.91 Å². The molecule has 0 saturated carbocycles. The van der Waals surface area contributed by atoms with Gasteiger partial charge in [-0.1, -0.05) is 23.7 Å². The quantitative estimate of drug-likeness (QED) is 0.772. The number of benzene rings is 1. The smallest absolute Gasteiger partial charge is 0.243 e. The molecule has 0 saturated heterocycles. The zero-order chi connectivity index (χ0) is 16.4. The third kappa shape index (κ3) is 3.27. The largest absolute Gasteiger partial charge is 0.375 e. The highest BCUT2D eigenvalue weighted by Crippen LogP contribution is 2.21. The lowest BCUT2D eigenvalue weighted by Crippen LogP contribution is -2.21. The van der Waals surface area contributed by atoms with Crippen molar-refractivity contribution in [2.45, 2.75) is 6.92 Å². The molecular formula is C16H16ClN5O. The summed E-state index contributed by atoms with van der Waals surface area (Å²) in [7, 11) is 1.84. The molecule has 3 aromatic rings. The molecule has 7 heteroatoms. The lowest BCUT2D eigenvalue weighted by atomic mass is 10.2. The minimum Gasteiger partial charge on any atom is -0.375 e. The van der Waals surface area contributed by atoms with E-state index < -0.39 is 0 Å². The molecule has 0 aliphatic rings. The van der Waals surface area contributed by atoms with Gasteiger partial charge in [-0.25, -0.2) is 4.98 Å². The molecule has 118 valence electrons. The number of halogens is 1. The van der Waals surface area contributed by atoms with E-state index in [-0.39, 0.29) is 12.5 Å². The van der Waals surface area contributed by atoms with E-state index in [9.17, 15) is 4.79 Å². The van der Waals surface area contributed by atoms with Gasteiger partial charge < -0.3 is 10.6 Å². The second kappa shape index (κ2) is 6.26. The number of rotatable bonds is 4. The number of fused-ring (bicyclic) bond motifs is 1. The fraction of sp³-hybridized carbons (Fsp3) is 0.188. The second-order valence-corrected chi connectivity index (χ2v) is 5.59. The van der Waals surface area contributed by atoms with Gasteiger partial charge in [-0.15, -0.1) is 0 Å². The Hall–Kier alpha value is -2.60. The van der Waals surface area contributed by atoms with E-state index in [0.717, 1.165) is 22.4 Å². The van der Waals surface area contributed by atoms with Crippen LogP contribution < -0.4 is 10.6 Å². The molecule has 23 heavy (non-hydrogen) atoms. The third-order valence-electron chi connectivity index (χ3n) is 3.46. The van der Waals surface area contributed by atoms with E-state index in [1.54, 1.807) is 16.9 Å². The Balaban J connectivity index is 1.68. The molecule has 2 N–H and O–H groups in total. The third-order valence-corrected chi connectivity index (χ3v) is 3.79. The van der Waals surface area contributed by atoms with Crippen LogP contribution in [-0.4, -0.2) is 27.2 Å². The Morgan fingerprint density at radius 3 is 2.91 bits per heavy atom. The number of aromatic nitrogens is 3. The summed E-state index contributed by atoms with van der Waals surface area (Å²) in [4.78, 5) is 16.4. The predicted octanol–water partition coefficient (Wildman–Crippen LogP) is 2.98. The number of amides is 1. The highest BCUT2D eigenvalue weighted by atomic mass is 35.5. The summed E-state index contributed by atoms with van der Waals surface area (Å²) >= 11 is 6.04. The molecule has 0 aliphatic carbocycles. The fourth-order valence-corrected chi connectivity index (χ4v) is 2.56. The number of carbonyl (C=O) groups is 1. The Bertz CT molecular complexity index is 874. The van der Waals surface area contributed by atoms with Crippen LogP contribution in [0.2, 0.25) is 5.02 Å². The molecule has 2 heterocycles. The van der Waals surface area contributed by atoms with E-state index in [1.807, 2.05) is 38.2 Å². The zero-order valence-electron chi connectivity index (χ0n) is 12.8. The van der Waals surface area contributed by atoms with Gasteiger partial charge in [-0.3, -0.25) is 9.48 Å². The van der Waals surface area contributed by atoms with Crippen LogP contribution in [0.25, 0.3) is 11.0 Å². The number of nitrogens with one attached hydrogen (secondary N) is 2. The molecule has 0 fully saturated rings. The van der Waals surface area contributed by atoms with Crippen LogP contribution in [0.4, 0.5) is 11.4 Å². The van der Waals surface area contributed by atoms with Crippen molar-refractivity contribution in [3.8, 4) is 0 Å². The molecule has 2 aromatic heterocycles. The van der Waals surface area contributed by atoms with Gasteiger partial charge in [0.1, 0.15) is 0 Å². The first kappa shape index (κ1) is 15.3. The normalized spacial score (nSPS) is 10.7. The van der Waals surface area contributed by atoms with Crippen LogP contribution >= 0.6 is 11.6 Å². The van der Waals surface area contributed by atoms with Crippen LogP contribution in [-0.2, 0) is 11.8 Å². The molecule has 0 spiro atoms. The Morgan fingerprint density at radius 1 is 1.35 bits per heavy atom. The van der Waals surface area contributed by atoms with Crippen molar-refractivity contribution in [2.24, 2.45) is 7.05 Å². The van der Waals surface area contributed by atoms with E-state index in [2.05, 4.69) is 20.7 Å². The minimum absolute atomic E-state index is 0.119. The molecule has 1 aromatic carbocycles. The van der Waals surface area contributed by atoms with Crippen molar-refractivity contribution < 1.29 is 4.79 Å². The average Bonchev–Trinajstić information content (AvgIpc) is 2.81. The molecule has 1 amide bonds. The lowest BCUT2D eigenvalue weighted by molar-refractivity contribution is -0.114. The lowest BCUT2D eigenvalue weighted by Gasteiger charge is -2.09. The van der Waals surface area contributed by atoms with E-state index in [0.29, 0.717) is 10.7 Å². The zero-order valence-corrected chi connectivity index (χ0v) is 13.6. The maximum Gasteiger partial charge on any atom is 0.243 e. The van der Waals surface area contributed by atoms with Crippen LogP contribution in [0.15, 0.2) is 36.5 Å². The number of nitrogens with zero attached hydrogens (tertiary/aromatic N) is 3. The van der Waals surface area contributed by atoms with Crippen LogP contribution in [0.3, 0.4) is 0 Å². The maximum atomic E-state index is 12.1. The first-order valence-corrected chi connectivity index (χ1v) is 7.50. The van der Waals surface area contributed by atoms with E-state index in [4.69, 9.17) is 11.6 Å². The van der Waals surface area contributed by atoms with Crippen molar-refractivity contribution >= 4 is 39.9 Å². The van der Waals surface area contributed by atoms with Gasteiger partial charge in [0.15, 0.2) is 5.65 Å². The van der Waals surface area contributed by atoms with E-state index in [1.165, 1.54) is 0 Å². The minimum atomic E-state index is -0.174. The topological polar surface area (TPSA) is 71.8 Å². The van der Waals surface area contributed by atoms with Crippen LogP contribution in [0, 0.1) is 6.92 Å². The van der Waals surface area contributed by atoms with Crippen molar-refractivity contribution in [1.29, 1.82) is 0 Å². The molecule has 0 bridgehead atoms. The van der Waals surface area contributed by atoms with Crippen molar-refractivity contribution in [1.82, 2.24) is 14.8 Å². The summed E-state index contributed by atoms with van der Waals surface area (Å²) in [5.74, 6) is -0.174. The highest BCUT2D eigenvalue weighted by molar-refractivity contribution is 6.33. The number of pyridine rings is 1. The standard InChI is InChI=1S/C16H16ClN5O/c1-10-12-7-11(8-19-16(12)22(2)21-10)20-15(23)9-18-14-6-4-3-5-13(14)17/h3-8,18H,9H2,1-2H3,(H,20,23). The van der Waals surface area contributed by atoms with Crippen molar-refractivity contribution in [3.63, 3.8) is 0 Å². The Labute approximate surface area is 138 Å². The number of anilines is 2. The Morgan fingerprint density at radius 2 is 2.13 bits per heavy atom. The van der Waals surface area contributed by atoms with Gasteiger partial charge in [-0.2, -0.15) is 5.10 Å². The van der Waals surface area contributed by atoms with Gasteiger partial charge in [0.25, 0.3) is 0 Å². The molecule has 0 unspecified atom stereocenters. The number of aryl methyl sites for hydroxylation is 2. The first-order chi connectivity index (χ1) is 11.0. The number of para-hydroxylation sites is 1. The van der Waals surface area contributed by atoms with Gasteiger partial charge in [-0.05, 0) is 25.1 Å². The summed E-state index contributed by atoms with van der Waals surface area (Å²) < 4.78 is 1.72. The van der Waals surface area contributed by atoms with Crippen molar-refractivity contribution in [2.75, 3.05) is 17.2 Å². The summed E-state index contributed by atoms with van der Waals surface area (Å²) in [6, 6.07) is 9.16. The second-order valence-electron chi connectivity index (χ2n) is 5.19.